The minimum atomic E-state index is -0.0206. The average molecular weight is 307 g/mol. The number of fused-ring (bicyclic) bond motifs is 1. The summed E-state index contributed by atoms with van der Waals surface area (Å²) in [4.78, 5) is 16.2. The number of hydrogen-bond acceptors (Lipinski definition) is 2. The van der Waals surface area contributed by atoms with Crippen molar-refractivity contribution in [2.75, 3.05) is 0 Å². The van der Waals surface area contributed by atoms with Crippen molar-refractivity contribution >= 4 is 16.8 Å². The molecule has 0 aliphatic rings. The first-order valence-electron chi connectivity index (χ1n) is 7.87. The largest absolute Gasteiger partial charge is 0.351 e. The van der Waals surface area contributed by atoms with Crippen molar-refractivity contribution in [1.29, 1.82) is 0 Å². The number of aromatic nitrogens is 2. The summed E-state index contributed by atoms with van der Waals surface area (Å²) in [6.45, 7) is 1.98. The SMILES string of the molecule is CC(NC(=O)CCc1ccc2c(ccn2C)c1)c1cccnc1. The third kappa shape index (κ3) is 3.59. The van der Waals surface area contributed by atoms with Crippen LogP contribution in [0.2, 0.25) is 0 Å². The summed E-state index contributed by atoms with van der Waals surface area (Å²) in [5, 5.41) is 4.24. The van der Waals surface area contributed by atoms with Crippen LogP contribution in [-0.4, -0.2) is 15.5 Å². The number of nitrogens with zero attached hydrogens (tertiary/aromatic N) is 2. The van der Waals surface area contributed by atoms with Gasteiger partial charge in [0.15, 0.2) is 0 Å². The molecule has 0 aliphatic carbocycles. The van der Waals surface area contributed by atoms with Crippen molar-refractivity contribution < 1.29 is 4.79 Å². The lowest BCUT2D eigenvalue weighted by Gasteiger charge is -2.13. The fourth-order valence-corrected chi connectivity index (χ4v) is 2.77. The minimum absolute atomic E-state index is 0.0206. The lowest BCUT2D eigenvalue weighted by molar-refractivity contribution is -0.121. The topological polar surface area (TPSA) is 46.9 Å². The van der Waals surface area contributed by atoms with Crippen LogP contribution in [0, 0.1) is 0 Å². The standard InChI is InChI=1S/C19H21N3O/c1-14(17-4-3-10-20-13-17)21-19(23)8-6-15-5-7-18-16(12-15)9-11-22(18)2/h3-5,7,9-14H,6,8H2,1-2H3,(H,21,23). The Morgan fingerprint density at radius 2 is 2.17 bits per heavy atom. The van der Waals surface area contributed by atoms with E-state index in [-0.39, 0.29) is 11.9 Å². The normalized spacial score (nSPS) is 12.3. The molecule has 3 aromatic rings. The molecule has 0 saturated carbocycles. The second-order valence-corrected chi connectivity index (χ2v) is 5.90. The Kier molecular flexibility index (Phi) is 4.42. The number of carbonyl (C=O) groups is 1. The van der Waals surface area contributed by atoms with Gasteiger partial charge in [-0.25, -0.2) is 0 Å². The lowest BCUT2D eigenvalue weighted by atomic mass is 10.1. The molecule has 2 heterocycles. The summed E-state index contributed by atoms with van der Waals surface area (Å²) in [6, 6.07) is 12.3. The van der Waals surface area contributed by atoms with E-state index < -0.39 is 0 Å². The summed E-state index contributed by atoms with van der Waals surface area (Å²) >= 11 is 0. The maximum absolute atomic E-state index is 12.1. The Morgan fingerprint density at radius 1 is 1.30 bits per heavy atom. The zero-order chi connectivity index (χ0) is 16.2. The Balaban J connectivity index is 1.57. The molecule has 4 heteroatoms. The second kappa shape index (κ2) is 6.65. The van der Waals surface area contributed by atoms with Crippen LogP contribution in [0.4, 0.5) is 0 Å². The molecule has 4 nitrogen and oxygen atoms in total. The van der Waals surface area contributed by atoms with Crippen molar-refractivity contribution in [3.05, 3.63) is 66.1 Å². The Hall–Kier alpha value is -2.62. The van der Waals surface area contributed by atoms with Gasteiger partial charge in [-0.15, -0.1) is 0 Å². The van der Waals surface area contributed by atoms with Gasteiger partial charge in [-0.3, -0.25) is 9.78 Å². The van der Waals surface area contributed by atoms with Gasteiger partial charge in [0.1, 0.15) is 0 Å². The summed E-state index contributed by atoms with van der Waals surface area (Å²) < 4.78 is 2.10. The van der Waals surface area contributed by atoms with Crippen molar-refractivity contribution in [1.82, 2.24) is 14.9 Å². The van der Waals surface area contributed by atoms with E-state index in [2.05, 4.69) is 45.3 Å². The fraction of sp³-hybridized carbons (Fsp3) is 0.263. The number of hydrogen-bond donors (Lipinski definition) is 1. The second-order valence-electron chi connectivity index (χ2n) is 5.90. The minimum Gasteiger partial charge on any atom is -0.351 e. The predicted octanol–water partition coefficient (Wildman–Crippen LogP) is 3.38. The van der Waals surface area contributed by atoms with E-state index in [1.165, 1.54) is 16.5 Å². The first-order valence-corrected chi connectivity index (χ1v) is 7.87. The van der Waals surface area contributed by atoms with Gasteiger partial charge >= 0.3 is 0 Å². The van der Waals surface area contributed by atoms with E-state index in [4.69, 9.17) is 0 Å². The van der Waals surface area contributed by atoms with Gasteiger partial charge in [0.05, 0.1) is 6.04 Å². The summed E-state index contributed by atoms with van der Waals surface area (Å²) in [5.41, 5.74) is 3.42. The molecule has 118 valence electrons. The first-order chi connectivity index (χ1) is 11.1. The van der Waals surface area contributed by atoms with Crippen LogP contribution in [0.5, 0.6) is 0 Å². The highest BCUT2D eigenvalue weighted by Gasteiger charge is 2.10. The monoisotopic (exact) mass is 307 g/mol. The van der Waals surface area contributed by atoms with Crippen molar-refractivity contribution in [2.45, 2.75) is 25.8 Å². The molecule has 0 saturated heterocycles. The van der Waals surface area contributed by atoms with Gasteiger partial charge < -0.3 is 9.88 Å². The van der Waals surface area contributed by atoms with E-state index >= 15 is 0 Å². The number of aryl methyl sites for hydroxylation is 2. The third-order valence-corrected chi connectivity index (χ3v) is 4.15. The molecule has 1 unspecified atom stereocenters. The number of benzene rings is 1. The quantitative estimate of drug-likeness (QED) is 0.785. The third-order valence-electron chi connectivity index (χ3n) is 4.15. The number of carbonyl (C=O) groups excluding carboxylic acids is 1. The molecule has 1 aromatic carbocycles. The fourth-order valence-electron chi connectivity index (χ4n) is 2.77. The van der Waals surface area contributed by atoms with Gasteiger partial charge in [-0.05, 0) is 54.1 Å². The van der Waals surface area contributed by atoms with Crippen LogP contribution >= 0.6 is 0 Å². The molecule has 23 heavy (non-hydrogen) atoms. The van der Waals surface area contributed by atoms with E-state index in [1.807, 2.05) is 26.1 Å². The number of pyridine rings is 1. The highest BCUT2D eigenvalue weighted by atomic mass is 16.1. The molecule has 0 bridgehead atoms. The Bertz CT molecular complexity index is 808. The maximum atomic E-state index is 12.1. The molecular weight excluding hydrogens is 286 g/mol. The summed E-state index contributed by atoms with van der Waals surface area (Å²) in [5.74, 6) is 0.0644. The molecule has 0 fully saturated rings. The van der Waals surface area contributed by atoms with Crippen molar-refractivity contribution in [3.8, 4) is 0 Å². The number of amides is 1. The van der Waals surface area contributed by atoms with Crippen molar-refractivity contribution in [2.24, 2.45) is 7.05 Å². The van der Waals surface area contributed by atoms with Gasteiger partial charge in [0.2, 0.25) is 5.91 Å². The zero-order valence-electron chi connectivity index (χ0n) is 13.5. The van der Waals surface area contributed by atoms with Gasteiger partial charge in [-0.2, -0.15) is 0 Å². The summed E-state index contributed by atoms with van der Waals surface area (Å²) in [6.07, 6.45) is 6.81. The average Bonchev–Trinajstić information content (AvgIpc) is 2.94. The first kappa shape index (κ1) is 15.3. The highest BCUT2D eigenvalue weighted by molar-refractivity contribution is 5.81. The highest BCUT2D eigenvalue weighted by Crippen LogP contribution is 2.18. The maximum Gasteiger partial charge on any atom is 0.220 e. The van der Waals surface area contributed by atoms with E-state index in [1.54, 1.807) is 12.4 Å². The van der Waals surface area contributed by atoms with E-state index in [9.17, 15) is 4.79 Å². The molecule has 0 radical (unpaired) electrons. The van der Waals surface area contributed by atoms with Gasteiger partial charge in [0, 0.05) is 37.6 Å². The molecular formula is C19H21N3O. The lowest BCUT2D eigenvalue weighted by Crippen LogP contribution is -2.26. The van der Waals surface area contributed by atoms with E-state index in [0.717, 1.165) is 12.0 Å². The molecule has 2 aromatic heterocycles. The predicted molar refractivity (Wildman–Crippen MR) is 92.0 cm³/mol. The molecule has 1 atom stereocenters. The Labute approximate surface area is 136 Å². The van der Waals surface area contributed by atoms with Crippen LogP contribution in [-0.2, 0) is 18.3 Å². The molecule has 0 spiro atoms. The van der Waals surface area contributed by atoms with Gasteiger partial charge in [-0.1, -0.05) is 12.1 Å². The Morgan fingerprint density at radius 3 is 2.96 bits per heavy atom. The van der Waals surface area contributed by atoms with Crippen LogP contribution in [0.25, 0.3) is 10.9 Å². The molecule has 1 amide bonds. The van der Waals surface area contributed by atoms with Crippen LogP contribution in [0.1, 0.15) is 30.5 Å². The number of nitrogens with one attached hydrogen (secondary N) is 1. The number of rotatable bonds is 5. The zero-order valence-corrected chi connectivity index (χ0v) is 13.5. The molecule has 3 rings (SSSR count). The van der Waals surface area contributed by atoms with Crippen molar-refractivity contribution in [3.63, 3.8) is 0 Å². The van der Waals surface area contributed by atoms with Crippen LogP contribution in [0.3, 0.4) is 0 Å². The smallest absolute Gasteiger partial charge is 0.220 e. The molecule has 0 aliphatic heterocycles. The van der Waals surface area contributed by atoms with Crippen LogP contribution in [0.15, 0.2) is 55.0 Å². The van der Waals surface area contributed by atoms with E-state index in [0.29, 0.717) is 6.42 Å². The van der Waals surface area contributed by atoms with Gasteiger partial charge in [0.25, 0.3) is 0 Å². The summed E-state index contributed by atoms with van der Waals surface area (Å²) in [7, 11) is 2.04. The molecule has 1 N–H and O–H groups in total. The van der Waals surface area contributed by atoms with Crippen LogP contribution < -0.4 is 5.32 Å².